The van der Waals surface area contributed by atoms with Crippen LogP contribution in [0.25, 0.3) is 11.6 Å². The van der Waals surface area contributed by atoms with Crippen molar-refractivity contribution in [3.63, 3.8) is 0 Å². The van der Waals surface area contributed by atoms with Gasteiger partial charge in [0.15, 0.2) is 43.8 Å². The molecule has 1 aromatic carbocycles. The van der Waals surface area contributed by atoms with Crippen molar-refractivity contribution in [3.05, 3.63) is 63.5 Å². The molecule has 0 radical (unpaired) electrons. The number of aryl methyl sites for hydroxylation is 1. The fourth-order valence-corrected chi connectivity index (χ4v) is 13.3. The molecule has 0 aliphatic carbocycles. The van der Waals surface area contributed by atoms with Crippen molar-refractivity contribution in [1.29, 1.82) is 0 Å². The number of rotatable bonds is 23. The average Bonchev–Trinajstić information content (AvgIpc) is 3.97. The Bertz CT molecular complexity index is 2750. The molecule has 0 spiro atoms. The molecule has 3 aromatic rings. The molecule has 2 aromatic heterocycles. The summed E-state index contributed by atoms with van der Waals surface area (Å²) in [5.41, 5.74) is 4.74. The van der Waals surface area contributed by atoms with Crippen LogP contribution in [0, 0.1) is 13.8 Å². The van der Waals surface area contributed by atoms with Gasteiger partial charge in [0.2, 0.25) is 0 Å². The molecule has 0 saturated carbocycles. The van der Waals surface area contributed by atoms with Gasteiger partial charge < -0.3 is 40.0 Å². The number of benzene rings is 1. The molecule has 4 heterocycles. The predicted molar refractivity (Wildman–Crippen MR) is 257 cm³/mol. The zero-order valence-electron chi connectivity index (χ0n) is 40.2. The molecule has 22 heteroatoms. The lowest BCUT2D eigenvalue weighted by molar-refractivity contribution is -0.179. The van der Waals surface area contributed by atoms with E-state index in [4.69, 9.17) is 14.2 Å². The van der Waals surface area contributed by atoms with E-state index in [0.29, 0.717) is 81.4 Å². The highest BCUT2D eigenvalue weighted by molar-refractivity contribution is 7.96. The summed E-state index contributed by atoms with van der Waals surface area (Å²) < 4.78 is 67.5. The quantitative estimate of drug-likeness (QED) is 0.0589. The molecule has 3 unspecified atom stereocenters. The van der Waals surface area contributed by atoms with Crippen molar-refractivity contribution in [2.45, 2.75) is 126 Å². The summed E-state index contributed by atoms with van der Waals surface area (Å²) >= 11 is 0.572. The second-order valence-electron chi connectivity index (χ2n) is 17.1. The molecule has 4 N–H and O–H groups in total. The van der Waals surface area contributed by atoms with Gasteiger partial charge in [-0.3, -0.25) is 24.0 Å². The van der Waals surface area contributed by atoms with Gasteiger partial charge in [0, 0.05) is 54.6 Å². The Balaban J connectivity index is 1.09. The van der Waals surface area contributed by atoms with Crippen LogP contribution in [0.15, 0.2) is 32.7 Å². The number of Topliss-reactive ketones (excluding diaryl/α,β-unsaturated/α-hetero) is 2. The van der Waals surface area contributed by atoms with Crippen molar-refractivity contribution < 1.29 is 64.6 Å². The largest absolute Gasteiger partial charge is 0.452 e. The van der Waals surface area contributed by atoms with Crippen LogP contribution in [0.5, 0.6) is 0 Å². The number of nitrogens with one attached hydrogen (secondary N) is 4. The first-order valence-corrected chi connectivity index (χ1v) is 26.8. The lowest BCUT2D eigenvalue weighted by atomic mass is 9.98. The number of carbonyl (C=O) groups excluding carboxylic acids is 7. The Morgan fingerprint density at radius 2 is 1.59 bits per heavy atom. The summed E-state index contributed by atoms with van der Waals surface area (Å²) in [6.07, 6.45) is -3.50. The van der Waals surface area contributed by atoms with Crippen LogP contribution in [-0.4, -0.2) is 130 Å². The molecule has 69 heavy (non-hydrogen) atoms. The van der Waals surface area contributed by atoms with E-state index < -0.39 is 78.7 Å². The lowest BCUT2D eigenvalue weighted by Crippen LogP contribution is -2.37. The number of carbonyl (C=O) groups is 7. The Morgan fingerprint density at radius 1 is 0.942 bits per heavy atom. The van der Waals surface area contributed by atoms with Crippen molar-refractivity contribution in [2.24, 2.45) is 0 Å². The molecular formula is C47H61N5O14S3. The van der Waals surface area contributed by atoms with E-state index in [1.807, 2.05) is 6.92 Å². The number of fused-ring (bicyclic) bond motifs is 2. The van der Waals surface area contributed by atoms with Gasteiger partial charge in [0.25, 0.3) is 11.8 Å². The number of likely N-dealkylation sites (N-methyl/N-ethyl adjacent to an activating group) is 1. The van der Waals surface area contributed by atoms with E-state index in [-0.39, 0.29) is 51.7 Å². The number of esters is 3. The van der Waals surface area contributed by atoms with Gasteiger partial charge in [0.05, 0.1) is 22.8 Å². The third-order valence-electron chi connectivity index (χ3n) is 12.0. The maximum atomic E-state index is 13.3. The minimum absolute atomic E-state index is 0.0747. The second-order valence-corrected chi connectivity index (χ2v) is 22.9. The number of amides is 2. The molecule has 5 rings (SSSR count). The van der Waals surface area contributed by atoms with E-state index in [1.165, 1.54) is 13.0 Å². The minimum Gasteiger partial charge on any atom is -0.452 e. The maximum Gasteiger partial charge on any atom is 0.347 e. The second kappa shape index (κ2) is 22.9. The standard InChI is InChI=1S/C47H61N5O14S3/c1-10-48-38-19-25(4)69(62,63)47-35(38)23-41(67-47)68(60,61)24-39(54)28(7)65-46(59)30(9)66-45(58)29(8)64-40(55)16-14-32(53)20-31-13-15-36-33(21-31)34(43(56)51-36)22-37-26(5)42(27(6)50-37)44(57)49-17-18-52(11-2)12-3/h13,15,21-23,25,28-30,38,48,50H,10-12,14,16-20,24H2,1-9H3,(H,49,57)(H,51,56)/b34-22-/t25-,28?,29?,30?,38-/m0/s1. The first-order chi connectivity index (χ1) is 32.4. The van der Waals surface area contributed by atoms with Crippen LogP contribution in [0.1, 0.15) is 118 Å². The number of thiophene rings is 1. The van der Waals surface area contributed by atoms with Crippen LogP contribution in [0.2, 0.25) is 0 Å². The number of anilines is 1. The Kier molecular flexibility index (Phi) is 18.1. The number of ether oxygens (including phenoxy) is 3. The highest BCUT2D eigenvalue weighted by Crippen LogP contribution is 2.43. The number of ketones is 2. The number of aromatic amines is 1. The van der Waals surface area contributed by atoms with Crippen molar-refractivity contribution in [3.8, 4) is 0 Å². The molecule has 0 bridgehead atoms. The van der Waals surface area contributed by atoms with Crippen molar-refractivity contribution in [2.75, 3.05) is 43.8 Å². The summed E-state index contributed by atoms with van der Waals surface area (Å²) in [6, 6.07) is 5.93. The summed E-state index contributed by atoms with van der Waals surface area (Å²) in [6.45, 7) is 18.0. The van der Waals surface area contributed by atoms with Crippen molar-refractivity contribution in [1.82, 2.24) is 20.5 Å². The predicted octanol–water partition coefficient (Wildman–Crippen LogP) is 4.20. The van der Waals surface area contributed by atoms with Gasteiger partial charge in [-0.2, -0.15) is 0 Å². The Hall–Kier alpha value is -5.55. The molecule has 5 atom stereocenters. The topological polar surface area (TPSA) is 271 Å². The minimum atomic E-state index is -4.35. The SMILES string of the molecule is CCN[C@H]1C[C@H](C)S(=O)(=O)c2sc(S(=O)(=O)CC(=O)C(C)OC(=O)C(C)OC(=O)C(C)OC(=O)CCC(=O)Cc3ccc4c(c3)/C(=C/c3[nH]c(C)c(C(=O)NCCN(CC)CC)c3C)C(=O)N4)cc21. The lowest BCUT2D eigenvalue weighted by Gasteiger charge is -2.27. The summed E-state index contributed by atoms with van der Waals surface area (Å²) in [4.78, 5) is 95.7. The van der Waals surface area contributed by atoms with Gasteiger partial charge in [-0.15, -0.1) is 11.3 Å². The van der Waals surface area contributed by atoms with E-state index in [9.17, 15) is 50.4 Å². The molecule has 2 aliphatic heterocycles. The van der Waals surface area contributed by atoms with Gasteiger partial charge in [-0.05, 0) is 109 Å². The number of H-pyrrole nitrogens is 1. The molecule has 0 saturated heterocycles. The highest BCUT2D eigenvalue weighted by atomic mass is 32.3. The van der Waals surface area contributed by atoms with Crippen LogP contribution in [0.4, 0.5) is 5.69 Å². The number of nitrogens with zero attached hydrogens (tertiary/aromatic N) is 1. The maximum absolute atomic E-state index is 13.3. The zero-order chi connectivity index (χ0) is 51.1. The zero-order valence-corrected chi connectivity index (χ0v) is 42.7. The number of hydrogen-bond donors (Lipinski definition) is 4. The fourth-order valence-electron chi connectivity index (χ4n) is 7.93. The summed E-state index contributed by atoms with van der Waals surface area (Å²) in [5.74, 6) is -6.24. The van der Waals surface area contributed by atoms with Crippen LogP contribution >= 0.6 is 11.3 Å². The Labute approximate surface area is 406 Å². The van der Waals surface area contributed by atoms with Gasteiger partial charge >= 0.3 is 17.9 Å². The third-order valence-corrected chi connectivity index (χ3v) is 18.1. The smallest absolute Gasteiger partial charge is 0.347 e. The molecule has 376 valence electrons. The fraction of sp³-hybridized carbons (Fsp3) is 0.511. The van der Waals surface area contributed by atoms with E-state index >= 15 is 0 Å². The first-order valence-electron chi connectivity index (χ1n) is 22.8. The van der Waals surface area contributed by atoms with E-state index in [0.717, 1.165) is 26.9 Å². The monoisotopic (exact) mass is 1020 g/mol. The van der Waals surface area contributed by atoms with Gasteiger partial charge in [-0.1, -0.05) is 26.8 Å². The van der Waals surface area contributed by atoms with Crippen LogP contribution < -0.4 is 16.0 Å². The first kappa shape index (κ1) is 54.4. The molecule has 2 aliphatic rings. The number of aromatic nitrogens is 1. The van der Waals surface area contributed by atoms with Crippen LogP contribution in [0.3, 0.4) is 0 Å². The summed E-state index contributed by atoms with van der Waals surface area (Å²) in [7, 11) is -8.13. The van der Waals surface area contributed by atoms with Crippen LogP contribution in [-0.2, 0) is 69.1 Å². The Morgan fingerprint density at radius 3 is 2.25 bits per heavy atom. The number of hydrogen-bond acceptors (Lipinski definition) is 17. The molecule has 0 fully saturated rings. The van der Waals surface area contributed by atoms with E-state index in [2.05, 4.69) is 39.7 Å². The normalized spacial score (nSPS) is 18.1. The van der Waals surface area contributed by atoms with E-state index in [1.54, 1.807) is 45.0 Å². The molecule has 19 nitrogen and oxygen atoms in total. The number of sulfone groups is 2. The molecular weight excluding hydrogens is 955 g/mol. The molecule has 2 amide bonds. The van der Waals surface area contributed by atoms with Crippen molar-refractivity contribution >= 4 is 89.6 Å². The van der Waals surface area contributed by atoms with Gasteiger partial charge in [-0.25, -0.2) is 26.4 Å². The summed E-state index contributed by atoms with van der Waals surface area (Å²) in [5, 5.41) is 8.21. The third kappa shape index (κ3) is 13.0. The highest BCUT2D eigenvalue weighted by Gasteiger charge is 2.40. The van der Waals surface area contributed by atoms with Gasteiger partial charge in [0.1, 0.15) is 20.0 Å². The average molecular weight is 1020 g/mol.